The molecule has 1 aliphatic rings. The highest BCUT2D eigenvalue weighted by Gasteiger charge is 2.27. The van der Waals surface area contributed by atoms with Gasteiger partial charge >= 0.3 is 0 Å². The Morgan fingerprint density at radius 2 is 2.02 bits per heavy atom. The lowest BCUT2D eigenvalue weighted by atomic mass is 10.1. The van der Waals surface area contributed by atoms with E-state index in [1.807, 2.05) is 59.3 Å². The molecule has 5 aromatic heterocycles. The first-order valence-electron chi connectivity index (χ1n) is 13.0. The molecule has 0 spiro atoms. The van der Waals surface area contributed by atoms with Crippen LogP contribution in [0.2, 0.25) is 0 Å². The fourth-order valence-electron chi connectivity index (χ4n) is 5.32. The number of amides is 1. The van der Waals surface area contributed by atoms with Crippen LogP contribution in [0.5, 0.6) is 0 Å². The minimum absolute atomic E-state index is 0.170. The molecule has 200 valence electrons. The van der Waals surface area contributed by atoms with E-state index in [-0.39, 0.29) is 17.6 Å². The van der Waals surface area contributed by atoms with Gasteiger partial charge in [-0.05, 0) is 66.4 Å². The zero-order chi connectivity index (χ0) is 28.1. The number of pyridine rings is 2. The quantitative estimate of drug-likeness (QED) is 0.336. The Kier molecular flexibility index (Phi) is 5.57. The number of carbonyl (C=O) groups is 1. The van der Waals surface area contributed by atoms with E-state index in [0.29, 0.717) is 39.9 Å². The molecule has 7 rings (SSSR count). The van der Waals surface area contributed by atoms with Gasteiger partial charge in [0.1, 0.15) is 23.1 Å². The number of carbonyl (C=O) groups excluding carboxylic acids is 1. The summed E-state index contributed by atoms with van der Waals surface area (Å²) in [5, 5.41) is 20.8. The number of imidazole rings is 1. The maximum absolute atomic E-state index is 12.9. The Morgan fingerprint density at radius 1 is 1.12 bits per heavy atom. The van der Waals surface area contributed by atoms with Gasteiger partial charge in [0, 0.05) is 37.4 Å². The number of nitrogens with one attached hydrogen (secondary N) is 1. The van der Waals surface area contributed by atoms with Gasteiger partial charge in [-0.2, -0.15) is 15.5 Å². The first kappa shape index (κ1) is 24.2. The molecule has 1 aliphatic carbocycles. The van der Waals surface area contributed by atoms with E-state index >= 15 is 0 Å². The molecule has 0 aliphatic heterocycles. The summed E-state index contributed by atoms with van der Waals surface area (Å²) in [6, 6.07) is 18.8. The van der Waals surface area contributed by atoms with Crippen LogP contribution >= 0.6 is 0 Å². The van der Waals surface area contributed by atoms with Crippen LogP contribution in [0, 0.1) is 11.3 Å². The van der Waals surface area contributed by atoms with Gasteiger partial charge in [0.05, 0.1) is 11.6 Å². The van der Waals surface area contributed by atoms with Crippen molar-refractivity contribution in [2.75, 3.05) is 5.73 Å². The van der Waals surface area contributed by atoms with E-state index in [1.54, 1.807) is 24.1 Å². The van der Waals surface area contributed by atoms with Gasteiger partial charge in [-0.25, -0.2) is 19.6 Å². The lowest BCUT2D eigenvalue weighted by Crippen LogP contribution is -2.27. The fraction of sp³-hybridized carbons (Fsp3) is 0.138. The second-order valence-corrected chi connectivity index (χ2v) is 9.77. The van der Waals surface area contributed by atoms with E-state index in [4.69, 9.17) is 15.7 Å². The molecule has 5 heterocycles. The van der Waals surface area contributed by atoms with Crippen LogP contribution in [0.3, 0.4) is 0 Å². The number of nitrogens with zero attached hydrogens (tertiary/aromatic N) is 9. The number of nitrogens with two attached hydrogens (primary N) is 1. The Labute approximate surface area is 233 Å². The van der Waals surface area contributed by atoms with Crippen LogP contribution in [0.1, 0.15) is 39.8 Å². The van der Waals surface area contributed by atoms with Crippen LogP contribution in [0.25, 0.3) is 34.1 Å². The van der Waals surface area contributed by atoms with Crippen LogP contribution in [0.15, 0.2) is 73.2 Å². The number of benzene rings is 1. The summed E-state index contributed by atoms with van der Waals surface area (Å²) in [6.45, 7) is 0. The van der Waals surface area contributed by atoms with Crippen molar-refractivity contribution < 1.29 is 4.79 Å². The van der Waals surface area contributed by atoms with Crippen LogP contribution in [-0.2, 0) is 13.5 Å². The topological polar surface area (TPSA) is 158 Å². The zero-order valence-electron chi connectivity index (χ0n) is 21.9. The molecule has 0 saturated carbocycles. The van der Waals surface area contributed by atoms with Gasteiger partial charge in [-0.1, -0.05) is 6.07 Å². The number of aromatic nitrogens is 8. The van der Waals surface area contributed by atoms with E-state index in [2.05, 4.69) is 26.6 Å². The molecule has 12 heteroatoms. The van der Waals surface area contributed by atoms with Crippen molar-refractivity contribution in [2.45, 2.75) is 18.9 Å². The minimum Gasteiger partial charge on any atom is -0.383 e. The molecular weight excluding hydrogens is 518 g/mol. The van der Waals surface area contributed by atoms with Crippen molar-refractivity contribution in [1.29, 1.82) is 5.26 Å². The van der Waals surface area contributed by atoms with E-state index in [0.717, 1.165) is 29.7 Å². The summed E-state index contributed by atoms with van der Waals surface area (Å²) < 4.78 is 5.09. The number of hydrogen-bond donors (Lipinski definition) is 2. The summed E-state index contributed by atoms with van der Waals surface area (Å²) in [5.41, 5.74) is 11.9. The van der Waals surface area contributed by atoms with Crippen molar-refractivity contribution in [1.82, 2.24) is 44.4 Å². The van der Waals surface area contributed by atoms with E-state index in [9.17, 15) is 10.1 Å². The molecular formula is C29H23N11O. The van der Waals surface area contributed by atoms with Gasteiger partial charge in [0.25, 0.3) is 5.91 Å². The summed E-state index contributed by atoms with van der Waals surface area (Å²) in [5.74, 6) is 1.35. The van der Waals surface area contributed by atoms with Crippen molar-refractivity contribution >= 4 is 22.9 Å². The molecule has 1 amide bonds. The molecule has 6 aromatic rings. The van der Waals surface area contributed by atoms with Gasteiger partial charge in [-0.3, -0.25) is 14.0 Å². The van der Waals surface area contributed by atoms with Crippen LogP contribution in [0.4, 0.5) is 5.82 Å². The van der Waals surface area contributed by atoms with Crippen molar-refractivity contribution in [3.63, 3.8) is 0 Å². The fourth-order valence-corrected chi connectivity index (χ4v) is 5.32. The number of aryl methyl sites for hydroxylation is 2. The normalized spacial score (nSPS) is 14.2. The first-order chi connectivity index (χ1) is 20.0. The lowest BCUT2D eigenvalue weighted by Gasteiger charge is -2.15. The number of rotatable bonds is 5. The maximum atomic E-state index is 12.9. The Bertz CT molecular complexity index is 2000. The molecule has 12 nitrogen and oxygen atoms in total. The van der Waals surface area contributed by atoms with E-state index in [1.165, 1.54) is 10.7 Å². The molecule has 0 unspecified atom stereocenters. The zero-order valence-corrected chi connectivity index (χ0v) is 21.9. The SMILES string of the molecule is Cn1nc(C(=O)N[C@H]2CCc3cc(-n4c(-c5cccnc5N)nc5ccc(-n6cccn6)nc54)ccc32)cc1C#N. The standard InChI is InChI=1S/C29H23N11O/c1-38-19(16-30)15-24(37-38)29(41)35-22-8-5-17-14-18(6-7-20(17)22)40-27(21-4-2-11-32-26(21)31)34-23-9-10-25(36-28(23)40)39-13-3-12-33-39/h2-4,6-7,9-15,22H,5,8H2,1H3,(H2,31,32)(H,35,41)/t22-/m0/s1. The summed E-state index contributed by atoms with van der Waals surface area (Å²) in [7, 11) is 1.64. The highest BCUT2D eigenvalue weighted by molar-refractivity contribution is 5.93. The second kappa shape index (κ2) is 9.42. The van der Waals surface area contributed by atoms with Gasteiger partial charge in [0.2, 0.25) is 0 Å². The summed E-state index contributed by atoms with van der Waals surface area (Å²) in [4.78, 5) is 27.0. The summed E-state index contributed by atoms with van der Waals surface area (Å²) in [6.07, 6.45) is 6.72. The third kappa shape index (κ3) is 4.07. The Hall–Kier alpha value is -5.83. The predicted molar refractivity (Wildman–Crippen MR) is 150 cm³/mol. The van der Waals surface area contributed by atoms with Gasteiger partial charge in [-0.15, -0.1) is 0 Å². The number of nitriles is 1. The molecule has 0 radical (unpaired) electrons. The first-order valence-corrected chi connectivity index (χ1v) is 13.0. The molecule has 0 bridgehead atoms. The van der Waals surface area contributed by atoms with Crippen molar-refractivity contribution in [3.8, 4) is 29.0 Å². The highest BCUT2D eigenvalue weighted by atomic mass is 16.2. The molecule has 0 fully saturated rings. The lowest BCUT2D eigenvalue weighted by molar-refractivity contribution is 0.0931. The predicted octanol–water partition coefficient (Wildman–Crippen LogP) is 3.27. The van der Waals surface area contributed by atoms with Crippen molar-refractivity contribution in [3.05, 3.63) is 95.7 Å². The smallest absolute Gasteiger partial charge is 0.272 e. The average Bonchev–Trinajstić information content (AvgIpc) is 3.78. The average molecular weight is 542 g/mol. The van der Waals surface area contributed by atoms with Crippen LogP contribution in [-0.4, -0.2) is 45.0 Å². The molecule has 1 atom stereocenters. The molecule has 3 N–H and O–H groups in total. The number of fused-ring (bicyclic) bond motifs is 2. The maximum Gasteiger partial charge on any atom is 0.272 e. The van der Waals surface area contributed by atoms with E-state index < -0.39 is 0 Å². The Morgan fingerprint density at radius 3 is 2.80 bits per heavy atom. The number of nitrogen functional groups attached to an aromatic ring is 1. The Balaban J connectivity index is 1.30. The van der Waals surface area contributed by atoms with Gasteiger partial charge in [0.15, 0.2) is 23.0 Å². The minimum atomic E-state index is -0.311. The molecule has 1 aromatic carbocycles. The van der Waals surface area contributed by atoms with Crippen molar-refractivity contribution in [2.24, 2.45) is 7.05 Å². The third-order valence-corrected chi connectivity index (χ3v) is 7.30. The van der Waals surface area contributed by atoms with Gasteiger partial charge < -0.3 is 11.1 Å². The third-order valence-electron chi connectivity index (χ3n) is 7.30. The van der Waals surface area contributed by atoms with Crippen LogP contribution < -0.4 is 11.1 Å². The largest absolute Gasteiger partial charge is 0.383 e. The molecule has 41 heavy (non-hydrogen) atoms. The number of anilines is 1. The monoisotopic (exact) mass is 541 g/mol. The second-order valence-electron chi connectivity index (χ2n) is 9.77. The molecule has 0 saturated heterocycles. The highest BCUT2D eigenvalue weighted by Crippen LogP contribution is 2.36. The summed E-state index contributed by atoms with van der Waals surface area (Å²) >= 11 is 0. The number of hydrogen-bond acceptors (Lipinski definition) is 8.